The molecule has 1 aromatic heterocycles. The summed E-state index contributed by atoms with van der Waals surface area (Å²) in [6.07, 6.45) is 4.43. The number of fused-ring (bicyclic) bond motifs is 3. The van der Waals surface area contributed by atoms with Gasteiger partial charge in [0, 0.05) is 22.3 Å². The van der Waals surface area contributed by atoms with E-state index in [1.165, 1.54) is 24.1 Å². The van der Waals surface area contributed by atoms with Crippen molar-refractivity contribution < 1.29 is 8.42 Å². The molecule has 2 aromatic carbocycles. The first-order valence-corrected chi connectivity index (χ1v) is 9.74. The summed E-state index contributed by atoms with van der Waals surface area (Å²) in [4.78, 5) is 3.75. The van der Waals surface area contributed by atoms with E-state index in [9.17, 15) is 8.42 Å². The van der Waals surface area contributed by atoms with Crippen molar-refractivity contribution in [2.24, 2.45) is 0 Å². The molecular formula is C19H20N2O2S. The molecular weight excluding hydrogens is 320 g/mol. The summed E-state index contributed by atoms with van der Waals surface area (Å²) in [5.74, 6) is 0. The number of hydrogen-bond donors (Lipinski definition) is 2. The number of H-pyrrole nitrogens is 1. The first kappa shape index (κ1) is 15.3. The predicted molar refractivity (Wildman–Crippen MR) is 96.9 cm³/mol. The Labute approximate surface area is 142 Å². The lowest BCUT2D eigenvalue weighted by molar-refractivity contribution is 0.601. The van der Waals surface area contributed by atoms with Gasteiger partial charge in [-0.2, -0.15) is 0 Å². The number of aromatic amines is 1. The van der Waals surface area contributed by atoms with E-state index in [4.69, 9.17) is 0 Å². The minimum atomic E-state index is -3.59. The van der Waals surface area contributed by atoms with Gasteiger partial charge in [-0.1, -0.05) is 12.1 Å². The largest absolute Gasteiger partial charge is 0.358 e. The summed E-state index contributed by atoms with van der Waals surface area (Å²) in [5.41, 5.74) is 5.18. The van der Waals surface area contributed by atoms with Gasteiger partial charge in [0.05, 0.1) is 4.90 Å². The molecule has 1 aliphatic rings. The Morgan fingerprint density at radius 1 is 1.04 bits per heavy atom. The molecule has 4 nitrogen and oxygen atoms in total. The summed E-state index contributed by atoms with van der Waals surface area (Å²) in [6, 6.07) is 12.7. The number of nitrogens with one attached hydrogen (secondary N) is 2. The number of sulfonamides is 1. The van der Waals surface area contributed by atoms with Crippen LogP contribution in [0.25, 0.3) is 10.9 Å². The van der Waals surface area contributed by atoms with Crippen molar-refractivity contribution in [2.45, 2.75) is 37.5 Å². The molecule has 5 heteroatoms. The summed E-state index contributed by atoms with van der Waals surface area (Å²) in [7, 11) is -3.59. The molecule has 1 heterocycles. The molecule has 0 radical (unpaired) electrons. The third-order valence-corrected chi connectivity index (χ3v) is 6.03. The van der Waals surface area contributed by atoms with Crippen LogP contribution in [0.5, 0.6) is 0 Å². The molecule has 0 bridgehead atoms. The Morgan fingerprint density at radius 3 is 2.71 bits per heavy atom. The Bertz CT molecular complexity index is 1020. The molecule has 124 valence electrons. The first-order valence-electron chi connectivity index (χ1n) is 8.26. The van der Waals surface area contributed by atoms with Crippen molar-refractivity contribution in [3.8, 4) is 0 Å². The molecule has 1 aliphatic carbocycles. The van der Waals surface area contributed by atoms with E-state index in [1.807, 2.05) is 31.2 Å². The van der Waals surface area contributed by atoms with Gasteiger partial charge in [0.15, 0.2) is 0 Å². The third-order valence-electron chi connectivity index (χ3n) is 4.65. The number of aryl methyl sites for hydroxylation is 3. The zero-order valence-corrected chi connectivity index (χ0v) is 14.4. The average Bonchev–Trinajstić information content (AvgIpc) is 2.92. The highest BCUT2D eigenvalue weighted by Gasteiger charge is 2.19. The van der Waals surface area contributed by atoms with Crippen molar-refractivity contribution >= 4 is 26.6 Å². The lowest BCUT2D eigenvalue weighted by Crippen LogP contribution is -2.13. The normalized spacial score (nSPS) is 14.5. The maximum Gasteiger partial charge on any atom is 0.261 e. The molecule has 0 spiro atoms. The van der Waals surface area contributed by atoms with Gasteiger partial charge in [-0.25, -0.2) is 8.42 Å². The Kier molecular flexibility index (Phi) is 3.61. The third kappa shape index (κ3) is 2.69. The van der Waals surface area contributed by atoms with E-state index in [2.05, 4.69) is 9.71 Å². The highest BCUT2D eigenvalue weighted by molar-refractivity contribution is 7.92. The van der Waals surface area contributed by atoms with Gasteiger partial charge in [0.1, 0.15) is 0 Å². The molecule has 2 N–H and O–H groups in total. The van der Waals surface area contributed by atoms with E-state index in [0.717, 1.165) is 29.3 Å². The van der Waals surface area contributed by atoms with Crippen molar-refractivity contribution in [3.63, 3.8) is 0 Å². The number of benzene rings is 2. The fourth-order valence-electron chi connectivity index (χ4n) is 3.47. The molecule has 0 saturated heterocycles. The zero-order valence-electron chi connectivity index (χ0n) is 13.6. The molecule has 0 saturated carbocycles. The van der Waals surface area contributed by atoms with E-state index >= 15 is 0 Å². The summed E-state index contributed by atoms with van der Waals surface area (Å²) >= 11 is 0. The Hall–Kier alpha value is -2.27. The Balaban J connectivity index is 1.75. The fraction of sp³-hybridized carbons (Fsp3) is 0.263. The smallest absolute Gasteiger partial charge is 0.261 e. The number of aromatic nitrogens is 1. The van der Waals surface area contributed by atoms with Crippen LogP contribution in [0.4, 0.5) is 5.69 Å². The molecule has 0 fully saturated rings. The first-order chi connectivity index (χ1) is 11.5. The average molecular weight is 340 g/mol. The number of rotatable bonds is 3. The monoisotopic (exact) mass is 340 g/mol. The van der Waals surface area contributed by atoms with Crippen molar-refractivity contribution in [1.82, 2.24) is 4.98 Å². The predicted octanol–water partition coefficient (Wildman–Crippen LogP) is 4.16. The van der Waals surface area contributed by atoms with Gasteiger partial charge in [0.25, 0.3) is 10.0 Å². The van der Waals surface area contributed by atoms with Crippen LogP contribution in [0, 0.1) is 6.92 Å². The highest BCUT2D eigenvalue weighted by Crippen LogP contribution is 2.31. The topological polar surface area (TPSA) is 62.0 Å². The molecule has 0 atom stereocenters. The molecule has 3 aromatic rings. The van der Waals surface area contributed by atoms with Gasteiger partial charge in [-0.05, 0) is 74.1 Å². The van der Waals surface area contributed by atoms with E-state index in [-0.39, 0.29) is 0 Å². The van der Waals surface area contributed by atoms with E-state index in [1.54, 1.807) is 18.2 Å². The maximum atomic E-state index is 12.7. The van der Waals surface area contributed by atoms with Crippen LogP contribution in [0.1, 0.15) is 29.7 Å². The van der Waals surface area contributed by atoms with Gasteiger partial charge < -0.3 is 4.98 Å². The highest BCUT2D eigenvalue weighted by atomic mass is 32.2. The second-order valence-electron chi connectivity index (χ2n) is 6.47. The number of hydrogen-bond acceptors (Lipinski definition) is 2. The van der Waals surface area contributed by atoms with Crippen LogP contribution in [-0.2, 0) is 22.9 Å². The standard InChI is InChI=1S/C19H20N2O2S/c1-13-5-4-6-14(11-13)21-24(22,23)15-9-10-19-17(12-15)16-7-2-3-8-18(16)20-19/h4-6,9-12,20-21H,2-3,7-8H2,1H3. The molecule has 0 amide bonds. The van der Waals surface area contributed by atoms with Crippen LogP contribution >= 0.6 is 0 Å². The van der Waals surface area contributed by atoms with E-state index in [0.29, 0.717) is 10.6 Å². The molecule has 0 unspecified atom stereocenters. The van der Waals surface area contributed by atoms with Gasteiger partial charge in [0.2, 0.25) is 0 Å². The zero-order chi connectivity index (χ0) is 16.7. The summed E-state index contributed by atoms with van der Waals surface area (Å²) < 4.78 is 28.1. The summed E-state index contributed by atoms with van der Waals surface area (Å²) in [5, 5.41) is 1.04. The number of anilines is 1. The van der Waals surface area contributed by atoms with Crippen LogP contribution in [0.2, 0.25) is 0 Å². The Morgan fingerprint density at radius 2 is 1.88 bits per heavy atom. The fourth-order valence-corrected chi connectivity index (χ4v) is 4.55. The summed E-state index contributed by atoms with van der Waals surface area (Å²) in [6.45, 7) is 1.94. The van der Waals surface area contributed by atoms with Crippen LogP contribution in [0.3, 0.4) is 0 Å². The van der Waals surface area contributed by atoms with Gasteiger partial charge in [-0.3, -0.25) is 4.72 Å². The minimum Gasteiger partial charge on any atom is -0.358 e. The van der Waals surface area contributed by atoms with Crippen molar-refractivity contribution in [2.75, 3.05) is 4.72 Å². The van der Waals surface area contributed by atoms with Crippen molar-refractivity contribution in [1.29, 1.82) is 0 Å². The van der Waals surface area contributed by atoms with Gasteiger partial charge in [-0.15, -0.1) is 0 Å². The lowest BCUT2D eigenvalue weighted by Gasteiger charge is -2.11. The molecule has 24 heavy (non-hydrogen) atoms. The molecule has 0 aliphatic heterocycles. The lowest BCUT2D eigenvalue weighted by atomic mass is 9.96. The van der Waals surface area contributed by atoms with Gasteiger partial charge >= 0.3 is 0 Å². The quantitative estimate of drug-likeness (QED) is 0.752. The minimum absolute atomic E-state index is 0.309. The van der Waals surface area contributed by atoms with Crippen LogP contribution in [0.15, 0.2) is 47.4 Å². The second-order valence-corrected chi connectivity index (χ2v) is 8.15. The van der Waals surface area contributed by atoms with Crippen LogP contribution < -0.4 is 4.72 Å². The van der Waals surface area contributed by atoms with Crippen LogP contribution in [-0.4, -0.2) is 13.4 Å². The SMILES string of the molecule is Cc1cccc(NS(=O)(=O)c2ccc3[nH]c4c(c3c2)CCCC4)c1. The second kappa shape index (κ2) is 5.67. The van der Waals surface area contributed by atoms with E-state index < -0.39 is 10.0 Å². The van der Waals surface area contributed by atoms with Crippen molar-refractivity contribution in [3.05, 3.63) is 59.3 Å². The maximum absolute atomic E-state index is 12.7. The molecule has 4 rings (SSSR count).